The maximum absolute atomic E-state index is 11.8. The van der Waals surface area contributed by atoms with E-state index in [0.29, 0.717) is 12.8 Å². The van der Waals surface area contributed by atoms with Gasteiger partial charge in [-0.25, -0.2) is 0 Å². The summed E-state index contributed by atoms with van der Waals surface area (Å²) in [6, 6.07) is 0. The lowest BCUT2D eigenvalue weighted by Crippen LogP contribution is -2.54. The molecule has 1 saturated carbocycles. The van der Waals surface area contributed by atoms with Gasteiger partial charge in [-0.3, -0.25) is 9.59 Å². The predicted octanol–water partition coefficient (Wildman–Crippen LogP) is 0.711. The van der Waals surface area contributed by atoms with Gasteiger partial charge >= 0.3 is 0 Å². The fourth-order valence-electron chi connectivity index (χ4n) is 2.03. The summed E-state index contributed by atoms with van der Waals surface area (Å²) in [5.41, 5.74) is 4.93. The quantitative estimate of drug-likeness (QED) is 0.710. The Kier molecular flexibility index (Phi) is 6.10. The number of hydrogen-bond acceptors (Lipinski definition) is 3. The molecule has 1 aliphatic carbocycles. The Morgan fingerprint density at radius 2 is 1.72 bits per heavy atom. The lowest BCUT2D eigenvalue weighted by atomic mass is 9.98. The molecule has 0 aromatic carbocycles. The van der Waals surface area contributed by atoms with E-state index >= 15 is 0 Å². The molecule has 0 bridgehead atoms. The number of amides is 2. The van der Waals surface area contributed by atoms with E-state index in [0.717, 1.165) is 12.8 Å². The van der Waals surface area contributed by atoms with Crippen molar-refractivity contribution in [3.63, 3.8) is 0 Å². The van der Waals surface area contributed by atoms with Crippen LogP contribution in [0.4, 0.5) is 0 Å². The second-order valence-electron chi connectivity index (χ2n) is 5.84. The van der Waals surface area contributed by atoms with Crippen LogP contribution in [-0.4, -0.2) is 29.4 Å². The van der Waals surface area contributed by atoms with Crippen LogP contribution >= 0.6 is 12.4 Å². The number of halogens is 1. The third kappa shape index (κ3) is 5.23. The minimum absolute atomic E-state index is 0. The Morgan fingerprint density at radius 1 is 1.22 bits per heavy atom. The molecule has 6 heteroatoms. The van der Waals surface area contributed by atoms with Crippen molar-refractivity contribution in [1.29, 1.82) is 0 Å². The summed E-state index contributed by atoms with van der Waals surface area (Å²) in [7, 11) is 0. The van der Waals surface area contributed by atoms with Crippen molar-refractivity contribution in [1.82, 2.24) is 10.6 Å². The van der Waals surface area contributed by atoms with Crippen molar-refractivity contribution in [3.8, 4) is 0 Å². The molecule has 0 heterocycles. The molecule has 0 aromatic heterocycles. The second kappa shape index (κ2) is 6.38. The first-order chi connectivity index (χ1) is 7.73. The van der Waals surface area contributed by atoms with Crippen molar-refractivity contribution in [2.24, 2.45) is 5.73 Å². The first kappa shape index (κ1) is 17.2. The Bertz CT molecular complexity index is 307. The standard InChI is InChI=1S/C12H23N3O2.ClH/c1-11(2,3)15-9(16)8-14-10(17)12(13)6-4-5-7-12;/h4-8,13H2,1-3H3,(H,14,17)(H,15,16);1H. The molecular weight excluding hydrogens is 254 g/mol. The highest BCUT2D eigenvalue weighted by atomic mass is 35.5. The molecule has 0 radical (unpaired) electrons. The van der Waals surface area contributed by atoms with Crippen LogP contribution in [-0.2, 0) is 9.59 Å². The van der Waals surface area contributed by atoms with Gasteiger partial charge < -0.3 is 16.4 Å². The summed E-state index contributed by atoms with van der Waals surface area (Å²) in [4.78, 5) is 23.3. The van der Waals surface area contributed by atoms with Crippen LogP contribution in [0.3, 0.4) is 0 Å². The molecule has 106 valence electrons. The number of carbonyl (C=O) groups is 2. The van der Waals surface area contributed by atoms with Crippen LogP contribution in [0.2, 0.25) is 0 Å². The second-order valence-corrected chi connectivity index (χ2v) is 5.84. The molecule has 0 aliphatic heterocycles. The number of nitrogens with two attached hydrogens (primary N) is 1. The molecule has 5 nitrogen and oxygen atoms in total. The molecule has 4 N–H and O–H groups in total. The number of rotatable bonds is 3. The van der Waals surface area contributed by atoms with Gasteiger partial charge in [0.05, 0.1) is 12.1 Å². The van der Waals surface area contributed by atoms with E-state index in [1.165, 1.54) is 0 Å². The number of nitrogens with one attached hydrogen (secondary N) is 2. The third-order valence-corrected chi connectivity index (χ3v) is 2.87. The average Bonchev–Trinajstić information content (AvgIpc) is 2.60. The molecule has 0 aromatic rings. The van der Waals surface area contributed by atoms with Crippen molar-refractivity contribution >= 4 is 24.2 Å². The summed E-state index contributed by atoms with van der Waals surface area (Å²) < 4.78 is 0. The highest BCUT2D eigenvalue weighted by Crippen LogP contribution is 2.26. The number of hydrogen-bond donors (Lipinski definition) is 3. The average molecular weight is 278 g/mol. The molecule has 18 heavy (non-hydrogen) atoms. The third-order valence-electron chi connectivity index (χ3n) is 2.87. The van der Waals surface area contributed by atoms with E-state index in [-0.39, 0.29) is 36.3 Å². The largest absolute Gasteiger partial charge is 0.350 e. The van der Waals surface area contributed by atoms with Gasteiger partial charge in [-0.15, -0.1) is 12.4 Å². The first-order valence-corrected chi connectivity index (χ1v) is 6.11. The zero-order chi connectivity index (χ0) is 13.1. The Balaban J connectivity index is 0.00000289. The highest BCUT2D eigenvalue weighted by molar-refractivity contribution is 5.90. The van der Waals surface area contributed by atoms with Gasteiger partial charge in [0.15, 0.2) is 0 Å². The van der Waals surface area contributed by atoms with Gasteiger partial charge in [0.1, 0.15) is 0 Å². The van der Waals surface area contributed by atoms with E-state index in [2.05, 4.69) is 10.6 Å². The van der Waals surface area contributed by atoms with Gasteiger partial charge in [0.2, 0.25) is 11.8 Å². The van der Waals surface area contributed by atoms with Crippen LogP contribution < -0.4 is 16.4 Å². The van der Waals surface area contributed by atoms with Gasteiger partial charge in [0, 0.05) is 5.54 Å². The molecule has 1 rings (SSSR count). The molecule has 0 saturated heterocycles. The maximum Gasteiger partial charge on any atom is 0.240 e. The SMILES string of the molecule is CC(C)(C)NC(=O)CNC(=O)C1(N)CCCC1.Cl. The van der Waals surface area contributed by atoms with E-state index in [9.17, 15) is 9.59 Å². The lowest BCUT2D eigenvalue weighted by Gasteiger charge is -2.24. The Morgan fingerprint density at radius 3 is 2.17 bits per heavy atom. The minimum atomic E-state index is -0.762. The summed E-state index contributed by atoms with van der Waals surface area (Å²) in [5, 5.41) is 5.39. The topological polar surface area (TPSA) is 84.2 Å². The summed E-state index contributed by atoms with van der Waals surface area (Å²) in [5.74, 6) is -0.397. The summed E-state index contributed by atoms with van der Waals surface area (Å²) in [6.45, 7) is 5.69. The van der Waals surface area contributed by atoms with Crippen LogP contribution in [0.5, 0.6) is 0 Å². The molecule has 1 aliphatic rings. The highest BCUT2D eigenvalue weighted by Gasteiger charge is 2.36. The molecule has 1 fully saturated rings. The first-order valence-electron chi connectivity index (χ1n) is 6.11. The molecule has 0 unspecified atom stereocenters. The van der Waals surface area contributed by atoms with Gasteiger partial charge in [-0.1, -0.05) is 12.8 Å². The predicted molar refractivity (Wildman–Crippen MR) is 73.5 cm³/mol. The van der Waals surface area contributed by atoms with E-state index in [1.807, 2.05) is 20.8 Å². The lowest BCUT2D eigenvalue weighted by molar-refractivity contribution is -0.129. The van der Waals surface area contributed by atoms with E-state index < -0.39 is 5.54 Å². The van der Waals surface area contributed by atoms with Crippen LogP contribution in [0.15, 0.2) is 0 Å². The zero-order valence-electron chi connectivity index (χ0n) is 11.3. The monoisotopic (exact) mass is 277 g/mol. The van der Waals surface area contributed by atoms with Crippen LogP contribution in [0.25, 0.3) is 0 Å². The van der Waals surface area contributed by atoms with Crippen molar-refractivity contribution in [2.45, 2.75) is 57.5 Å². The Labute approximate surface area is 115 Å². The summed E-state index contributed by atoms with van der Waals surface area (Å²) in [6.07, 6.45) is 3.38. The van der Waals surface area contributed by atoms with Gasteiger partial charge in [0.25, 0.3) is 0 Å². The van der Waals surface area contributed by atoms with Gasteiger partial charge in [-0.05, 0) is 33.6 Å². The molecule has 0 atom stereocenters. The minimum Gasteiger partial charge on any atom is -0.350 e. The maximum atomic E-state index is 11.8. The van der Waals surface area contributed by atoms with Crippen molar-refractivity contribution in [2.75, 3.05) is 6.54 Å². The smallest absolute Gasteiger partial charge is 0.240 e. The van der Waals surface area contributed by atoms with Gasteiger partial charge in [-0.2, -0.15) is 0 Å². The van der Waals surface area contributed by atoms with E-state index in [4.69, 9.17) is 5.73 Å². The normalized spacial score (nSPS) is 17.8. The fraction of sp³-hybridized carbons (Fsp3) is 0.833. The molecular formula is C12H24ClN3O2. The summed E-state index contributed by atoms with van der Waals surface area (Å²) >= 11 is 0. The van der Waals surface area contributed by atoms with Crippen LogP contribution in [0.1, 0.15) is 46.5 Å². The van der Waals surface area contributed by atoms with Crippen molar-refractivity contribution in [3.05, 3.63) is 0 Å². The fourth-order valence-corrected chi connectivity index (χ4v) is 2.03. The van der Waals surface area contributed by atoms with Crippen LogP contribution in [0, 0.1) is 0 Å². The Hall–Kier alpha value is -0.810. The molecule has 2 amide bonds. The molecule has 0 spiro atoms. The number of carbonyl (C=O) groups excluding carboxylic acids is 2. The van der Waals surface area contributed by atoms with Crippen molar-refractivity contribution < 1.29 is 9.59 Å². The van der Waals surface area contributed by atoms with E-state index in [1.54, 1.807) is 0 Å². The zero-order valence-corrected chi connectivity index (χ0v) is 12.2.